The maximum absolute atomic E-state index is 8.55. The molecule has 0 bridgehead atoms. The Morgan fingerprint density at radius 3 is 3.07 bits per heavy atom. The van der Waals surface area contributed by atoms with Crippen molar-refractivity contribution in [3.05, 3.63) is 0 Å². The van der Waals surface area contributed by atoms with Crippen LogP contribution in [0.1, 0.15) is 6.42 Å². The molecule has 1 unspecified atom stereocenters. The lowest BCUT2D eigenvalue weighted by Gasteiger charge is -2.14. The molecular weight excluding hydrogens is 200 g/mol. The number of amidine groups is 2. The van der Waals surface area contributed by atoms with Crippen LogP contribution in [-0.4, -0.2) is 22.5 Å². The van der Waals surface area contributed by atoms with Crippen molar-refractivity contribution in [2.24, 2.45) is 26.7 Å². The molecule has 0 aromatic rings. The van der Waals surface area contributed by atoms with Crippen molar-refractivity contribution in [2.75, 3.05) is 0 Å². The highest BCUT2D eigenvalue weighted by Gasteiger charge is 2.33. The molecule has 0 radical (unpaired) electrons. The average molecular weight is 206 g/mol. The molecule has 0 spiro atoms. The van der Waals surface area contributed by atoms with E-state index in [4.69, 9.17) is 23.2 Å². The number of aliphatic imine (C=N–C) groups is 2. The van der Waals surface area contributed by atoms with Gasteiger partial charge in [-0.1, -0.05) is 0 Å². The van der Waals surface area contributed by atoms with Gasteiger partial charge in [-0.3, -0.25) is 5.43 Å². The maximum Gasteiger partial charge on any atom is 0.222 e. The number of nitrogens with zero attached hydrogens (tertiary/aromatic N) is 4. The van der Waals surface area contributed by atoms with E-state index < -0.39 is 0 Å². The normalized spacial score (nSPS) is 24.1. The van der Waals surface area contributed by atoms with Crippen LogP contribution < -0.4 is 11.2 Å². The number of hydrogen-bond acceptors (Lipinski definition) is 5. The molecule has 0 aromatic heterocycles. The van der Waals surface area contributed by atoms with E-state index in [-0.39, 0.29) is 17.5 Å². The molecule has 2 aliphatic heterocycles. The molecule has 2 rings (SSSR count). The van der Waals surface area contributed by atoms with Crippen molar-refractivity contribution in [1.82, 2.24) is 5.43 Å². The third-order valence-corrected chi connectivity index (χ3v) is 2.10. The SMILES string of the molecule is N#CCC1=NNC2=NC(=S)N=C(N)C12. The van der Waals surface area contributed by atoms with E-state index in [1.807, 2.05) is 6.07 Å². The molecule has 0 aromatic carbocycles. The highest BCUT2D eigenvalue weighted by Crippen LogP contribution is 2.15. The summed E-state index contributed by atoms with van der Waals surface area (Å²) in [5.41, 5.74) is 9.01. The van der Waals surface area contributed by atoms with E-state index in [1.165, 1.54) is 0 Å². The summed E-state index contributed by atoms with van der Waals surface area (Å²) in [7, 11) is 0. The Morgan fingerprint density at radius 2 is 2.36 bits per heavy atom. The zero-order valence-electron chi connectivity index (χ0n) is 7.06. The monoisotopic (exact) mass is 206 g/mol. The fraction of sp³-hybridized carbons (Fsp3) is 0.286. The van der Waals surface area contributed by atoms with Crippen LogP contribution in [0.4, 0.5) is 0 Å². The van der Waals surface area contributed by atoms with Gasteiger partial charge in [-0.05, 0) is 12.2 Å². The number of hydrogen-bond donors (Lipinski definition) is 2. The van der Waals surface area contributed by atoms with Crippen molar-refractivity contribution in [3.63, 3.8) is 0 Å². The first kappa shape index (κ1) is 8.77. The standard InChI is InChI=1S/C7H6N6S/c8-2-1-3-4-5(9)10-7(14)11-6(4)13-12-3/h4H,1H2,(H3,9,10,11,13,14). The van der Waals surface area contributed by atoms with E-state index in [0.717, 1.165) is 0 Å². The largest absolute Gasteiger partial charge is 0.386 e. The Hall–Kier alpha value is -1.81. The first-order valence-corrected chi connectivity index (χ1v) is 4.29. The van der Waals surface area contributed by atoms with Gasteiger partial charge in [-0.15, -0.1) is 0 Å². The molecule has 0 saturated heterocycles. The summed E-state index contributed by atoms with van der Waals surface area (Å²) >= 11 is 4.80. The highest BCUT2D eigenvalue weighted by atomic mass is 32.1. The van der Waals surface area contributed by atoms with Crippen molar-refractivity contribution < 1.29 is 0 Å². The molecule has 0 fully saturated rings. The van der Waals surface area contributed by atoms with Gasteiger partial charge in [0, 0.05) is 0 Å². The second kappa shape index (κ2) is 3.16. The Morgan fingerprint density at radius 1 is 1.57 bits per heavy atom. The van der Waals surface area contributed by atoms with Crippen molar-refractivity contribution >= 4 is 34.7 Å². The van der Waals surface area contributed by atoms with E-state index in [2.05, 4.69) is 20.5 Å². The third-order valence-electron chi connectivity index (χ3n) is 1.92. The summed E-state index contributed by atoms with van der Waals surface area (Å²) in [4.78, 5) is 7.84. The van der Waals surface area contributed by atoms with Gasteiger partial charge in [-0.25, -0.2) is 9.98 Å². The van der Waals surface area contributed by atoms with Gasteiger partial charge < -0.3 is 5.73 Å². The quantitative estimate of drug-likeness (QED) is 0.566. The van der Waals surface area contributed by atoms with Gasteiger partial charge >= 0.3 is 0 Å². The van der Waals surface area contributed by atoms with Crippen LogP contribution in [0.3, 0.4) is 0 Å². The smallest absolute Gasteiger partial charge is 0.222 e. The molecular formula is C7H6N6S. The second-order valence-corrected chi connectivity index (χ2v) is 3.16. The van der Waals surface area contributed by atoms with Crippen LogP contribution in [0.15, 0.2) is 15.1 Å². The summed E-state index contributed by atoms with van der Waals surface area (Å²) in [5.74, 6) is 0.619. The number of hydrazone groups is 1. The van der Waals surface area contributed by atoms with E-state index in [1.54, 1.807) is 0 Å². The summed E-state index contributed by atoms with van der Waals surface area (Å²) < 4.78 is 0. The molecule has 14 heavy (non-hydrogen) atoms. The number of nitrogens with two attached hydrogens (primary N) is 1. The molecule has 2 heterocycles. The lowest BCUT2D eigenvalue weighted by Crippen LogP contribution is -2.39. The van der Waals surface area contributed by atoms with Gasteiger partial charge in [0.15, 0.2) is 0 Å². The highest BCUT2D eigenvalue weighted by molar-refractivity contribution is 7.80. The maximum atomic E-state index is 8.55. The van der Waals surface area contributed by atoms with Crippen molar-refractivity contribution in [1.29, 1.82) is 5.26 Å². The number of rotatable bonds is 1. The molecule has 0 aliphatic carbocycles. The summed E-state index contributed by atoms with van der Waals surface area (Å²) in [6.07, 6.45) is 0.208. The molecule has 70 valence electrons. The zero-order valence-corrected chi connectivity index (χ0v) is 7.88. The summed E-state index contributed by atoms with van der Waals surface area (Å²) in [5, 5.41) is 12.7. The number of nitriles is 1. The average Bonchev–Trinajstić information content (AvgIpc) is 2.49. The van der Waals surface area contributed by atoms with E-state index >= 15 is 0 Å². The lowest BCUT2D eigenvalue weighted by atomic mass is 9.99. The Balaban J connectivity index is 2.33. The van der Waals surface area contributed by atoms with Crippen molar-refractivity contribution in [2.45, 2.75) is 6.42 Å². The van der Waals surface area contributed by atoms with E-state index in [0.29, 0.717) is 17.4 Å². The second-order valence-electron chi connectivity index (χ2n) is 2.80. The van der Waals surface area contributed by atoms with Gasteiger partial charge in [-0.2, -0.15) is 10.4 Å². The Labute approximate surface area is 85.2 Å². The van der Waals surface area contributed by atoms with Crippen molar-refractivity contribution in [3.8, 4) is 6.07 Å². The first-order valence-electron chi connectivity index (χ1n) is 3.88. The zero-order chi connectivity index (χ0) is 10.1. The fourth-order valence-electron chi connectivity index (χ4n) is 1.34. The van der Waals surface area contributed by atoms with Crippen LogP contribution in [0.5, 0.6) is 0 Å². The minimum Gasteiger partial charge on any atom is -0.386 e. The first-order chi connectivity index (χ1) is 6.72. The Kier molecular flexibility index (Phi) is 1.98. The number of thiocarbonyl (C=S) groups is 1. The molecule has 0 amide bonds. The van der Waals surface area contributed by atoms with Gasteiger partial charge in [0.2, 0.25) is 5.11 Å². The minimum atomic E-state index is -0.290. The number of fused-ring (bicyclic) bond motifs is 1. The van der Waals surface area contributed by atoms with Gasteiger partial charge in [0.1, 0.15) is 17.6 Å². The summed E-state index contributed by atoms with van der Waals surface area (Å²) in [6, 6.07) is 2.01. The topological polar surface area (TPSA) is 98.9 Å². The molecule has 7 heteroatoms. The molecule has 2 aliphatic rings. The van der Waals surface area contributed by atoms with Crippen LogP contribution >= 0.6 is 12.2 Å². The van der Waals surface area contributed by atoms with Crippen LogP contribution in [0.2, 0.25) is 0 Å². The lowest BCUT2D eigenvalue weighted by molar-refractivity contribution is 1.04. The van der Waals surface area contributed by atoms with Crippen LogP contribution in [0.25, 0.3) is 0 Å². The Bertz CT molecular complexity index is 426. The summed E-state index contributed by atoms with van der Waals surface area (Å²) in [6.45, 7) is 0. The molecule has 6 nitrogen and oxygen atoms in total. The number of nitrogens with one attached hydrogen (secondary N) is 1. The molecule has 0 saturated carbocycles. The fourth-order valence-corrected chi connectivity index (χ4v) is 1.55. The minimum absolute atomic E-state index is 0.189. The molecule has 1 atom stereocenters. The predicted molar refractivity (Wildman–Crippen MR) is 55.9 cm³/mol. The van der Waals surface area contributed by atoms with Gasteiger partial charge in [0.25, 0.3) is 0 Å². The molecule has 3 N–H and O–H groups in total. The predicted octanol–water partition coefficient (Wildman–Crippen LogP) is -0.470. The van der Waals surface area contributed by atoms with Crippen LogP contribution in [0, 0.1) is 17.2 Å². The van der Waals surface area contributed by atoms with Crippen LogP contribution in [-0.2, 0) is 0 Å². The third kappa shape index (κ3) is 1.25. The van der Waals surface area contributed by atoms with Gasteiger partial charge in [0.05, 0.1) is 18.2 Å². The van der Waals surface area contributed by atoms with E-state index in [9.17, 15) is 0 Å².